The third-order valence-electron chi connectivity index (χ3n) is 1.86. The molecule has 0 nitrogen and oxygen atoms in total. The lowest BCUT2D eigenvalue weighted by Crippen LogP contribution is -1.84. The Morgan fingerprint density at radius 3 is 1.50 bits per heavy atom. The van der Waals surface area contributed by atoms with Crippen LogP contribution in [0.15, 0.2) is 23.0 Å². The predicted molar refractivity (Wildman–Crippen MR) is 73.0 cm³/mol. The van der Waals surface area contributed by atoms with E-state index in [4.69, 9.17) is 0 Å². The normalized spacial score (nSPS) is 10.1. The summed E-state index contributed by atoms with van der Waals surface area (Å²) in [5.74, 6) is 2.37. The first-order chi connectivity index (χ1) is 6.72. The third-order valence-corrected chi connectivity index (χ3v) is 4.16. The van der Waals surface area contributed by atoms with Gasteiger partial charge in [-0.2, -0.15) is 0 Å². The molecule has 0 unspecified atom stereocenters. The van der Waals surface area contributed by atoms with Crippen LogP contribution in [0.5, 0.6) is 0 Å². The van der Waals surface area contributed by atoms with Crippen molar-refractivity contribution in [2.45, 2.75) is 39.5 Å². The average molecular weight is 230 g/mol. The van der Waals surface area contributed by atoms with Crippen molar-refractivity contribution in [1.29, 1.82) is 0 Å². The first kappa shape index (κ1) is 14.2. The quantitative estimate of drug-likeness (QED) is 0.400. The van der Waals surface area contributed by atoms with Crippen molar-refractivity contribution in [2.24, 2.45) is 0 Å². The summed E-state index contributed by atoms with van der Waals surface area (Å²) in [7, 11) is 0. The van der Waals surface area contributed by atoms with Crippen LogP contribution >= 0.6 is 23.5 Å². The second-order valence-electron chi connectivity index (χ2n) is 3.25. The molecule has 14 heavy (non-hydrogen) atoms. The maximum Gasteiger partial charge on any atom is 0.0130 e. The first-order valence-corrected chi connectivity index (χ1v) is 7.33. The molecule has 0 saturated heterocycles. The Morgan fingerprint density at radius 1 is 0.857 bits per heavy atom. The Hall–Kier alpha value is 0.180. The van der Waals surface area contributed by atoms with E-state index in [1.54, 1.807) is 0 Å². The Morgan fingerprint density at radius 2 is 1.21 bits per heavy atom. The average Bonchev–Trinajstić information content (AvgIpc) is 2.18. The molecule has 0 N–H and O–H groups in total. The molecular weight excluding hydrogens is 208 g/mol. The Labute approximate surface area is 97.6 Å². The van der Waals surface area contributed by atoms with Gasteiger partial charge in [0.1, 0.15) is 0 Å². The molecule has 0 aromatic carbocycles. The number of unbranched alkanes of at least 4 members (excludes halogenated alkanes) is 2. The second-order valence-corrected chi connectivity index (χ2v) is 5.63. The van der Waals surface area contributed by atoms with Crippen molar-refractivity contribution in [3.8, 4) is 0 Å². The molecule has 0 amide bonds. The van der Waals surface area contributed by atoms with E-state index in [9.17, 15) is 0 Å². The van der Waals surface area contributed by atoms with Crippen LogP contribution in [0.2, 0.25) is 0 Å². The van der Waals surface area contributed by atoms with Gasteiger partial charge in [-0.3, -0.25) is 0 Å². The molecule has 0 atom stereocenters. The summed E-state index contributed by atoms with van der Waals surface area (Å²) in [6.45, 7) is 12.5. The number of hydrogen-bond acceptors (Lipinski definition) is 2. The molecule has 0 saturated carbocycles. The first-order valence-electron chi connectivity index (χ1n) is 5.36. The van der Waals surface area contributed by atoms with Gasteiger partial charge in [0, 0.05) is 9.81 Å². The second kappa shape index (κ2) is 9.72. The monoisotopic (exact) mass is 230 g/mol. The van der Waals surface area contributed by atoms with Crippen molar-refractivity contribution >= 4 is 23.5 Å². The molecule has 0 spiro atoms. The van der Waals surface area contributed by atoms with Crippen molar-refractivity contribution in [3.63, 3.8) is 0 Å². The summed E-state index contributed by atoms with van der Waals surface area (Å²) in [6, 6.07) is 0. The Kier molecular flexibility index (Phi) is 9.85. The molecule has 0 rings (SSSR count). The highest BCUT2D eigenvalue weighted by Crippen LogP contribution is 2.30. The molecule has 0 fully saturated rings. The summed E-state index contributed by atoms with van der Waals surface area (Å²) >= 11 is 3.70. The van der Waals surface area contributed by atoms with E-state index >= 15 is 0 Å². The lowest BCUT2D eigenvalue weighted by molar-refractivity contribution is 0.897. The number of rotatable bonds is 9. The van der Waals surface area contributed by atoms with Crippen LogP contribution in [0.3, 0.4) is 0 Å². The molecule has 0 heterocycles. The van der Waals surface area contributed by atoms with Gasteiger partial charge in [-0.05, 0) is 24.3 Å². The van der Waals surface area contributed by atoms with E-state index in [0.717, 1.165) is 0 Å². The van der Waals surface area contributed by atoms with Gasteiger partial charge in [0.05, 0.1) is 0 Å². The van der Waals surface area contributed by atoms with Gasteiger partial charge < -0.3 is 0 Å². The molecule has 0 aliphatic rings. The van der Waals surface area contributed by atoms with Crippen LogP contribution in [-0.4, -0.2) is 11.5 Å². The van der Waals surface area contributed by atoms with Gasteiger partial charge in [-0.15, -0.1) is 23.5 Å². The van der Waals surface area contributed by atoms with Crippen LogP contribution < -0.4 is 0 Å². The highest BCUT2D eigenvalue weighted by Gasteiger charge is 2.00. The molecule has 0 aliphatic carbocycles. The minimum atomic E-state index is 1.17. The van der Waals surface area contributed by atoms with Crippen LogP contribution in [0, 0.1) is 0 Å². The summed E-state index contributed by atoms with van der Waals surface area (Å²) in [6.07, 6.45) is 5.07. The van der Waals surface area contributed by atoms with E-state index in [0.29, 0.717) is 0 Å². The van der Waals surface area contributed by atoms with Crippen molar-refractivity contribution < 1.29 is 0 Å². The lowest BCUT2D eigenvalue weighted by Gasteiger charge is -2.07. The zero-order chi connectivity index (χ0) is 10.8. The topological polar surface area (TPSA) is 0 Å². The molecular formula is C12H22S2. The van der Waals surface area contributed by atoms with Crippen molar-refractivity contribution in [2.75, 3.05) is 11.5 Å². The van der Waals surface area contributed by atoms with Gasteiger partial charge in [-0.1, -0.05) is 39.8 Å². The van der Waals surface area contributed by atoms with Gasteiger partial charge in [-0.25, -0.2) is 0 Å². The fourth-order valence-corrected chi connectivity index (χ4v) is 2.87. The number of hydrogen-bond donors (Lipinski definition) is 0. The van der Waals surface area contributed by atoms with Crippen molar-refractivity contribution in [3.05, 3.63) is 23.0 Å². The predicted octanol–water partition coefficient (Wildman–Crippen LogP) is 5.08. The minimum Gasteiger partial charge on any atom is -0.126 e. The summed E-state index contributed by atoms with van der Waals surface area (Å²) in [4.78, 5) is 2.33. The van der Waals surface area contributed by atoms with Gasteiger partial charge in [0.15, 0.2) is 0 Å². The van der Waals surface area contributed by atoms with Gasteiger partial charge in [0.25, 0.3) is 0 Å². The van der Waals surface area contributed by atoms with E-state index in [1.165, 1.54) is 47.0 Å². The summed E-state index contributed by atoms with van der Waals surface area (Å²) in [5, 5.41) is 0. The largest absolute Gasteiger partial charge is 0.126 e. The van der Waals surface area contributed by atoms with Crippen LogP contribution in [0.4, 0.5) is 0 Å². The molecule has 0 aromatic rings. The molecule has 2 heteroatoms. The third kappa shape index (κ3) is 7.57. The summed E-state index contributed by atoms with van der Waals surface area (Å²) in [5.41, 5.74) is 0. The van der Waals surface area contributed by atoms with E-state index in [2.05, 4.69) is 27.0 Å². The Balaban J connectivity index is 3.50. The zero-order valence-electron chi connectivity index (χ0n) is 9.47. The fourth-order valence-electron chi connectivity index (χ4n) is 0.840. The van der Waals surface area contributed by atoms with Crippen LogP contribution in [0.1, 0.15) is 39.5 Å². The smallest absolute Gasteiger partial charge is 0.0130 e. The lowest BCUT2D eigenvalue weighted by atomic mass is 10.4. The highest BCUT2D eigenvalue weighted by molar-refractivity contribution is 8.08. The molecule has 82 valence electrons. The molecule has 0 radical (unpaired) electrons. The van der Waals surface area contributed by atoms with Gasteiger partial charge >= 0.3 is 0 Å². The maximum atomic E-state index is 4.05. The van der Waals surface area contributed by atoms with E-state index in [1.807, 2.05) is 23.5 Å². The standard InChI is InChI=1S/C12H22S2/c1-5-7-9-13-11(3)12(4)14-10-8-6-2/h3-10H2,1-2H3. The Bertz CT molecular complexity index is 153. The van der Waals surface area contributed by atoms with Crippen LogP contribution in [-0.2, 0) is 0 Å². The minimum absolute atomic E-state index is 1.17. The van der Waals surface area contributed by atoms with E-state index in [-0.39, 0.29) is 0 Å². The van der Waals surface area contributed by atoms with E-state index < -0.39 is 0 Å². The fraction of sp³-hybridized carbons (Fsp3) is 0.667. The highest BCUT2D eigenvalue weighted by atomic mass is 32.2. The molecule has 0 aromatic heterocycles. The van der Waals surface area contributed by atoms with Gasteiger partial charge in [0.2, 0.25) is 0 Å². The summed E-state index contributed by atoms with van der Waals surface area (Å²) < 4.78 is 0. The number of thioether (sulfide) groups is 2. The SMILES string of the molecule is C=C(SCCCC)C(=C)SCCCC. The molecule has 0 aliphatic heterocycles. The maximum absolute atomic E-state index is 4.05. The molecule has 0 bridgehead atoms. The zero-order valence-corrected chi connectivity index (χ0v) is 11.1. The van der Waals surface area contributed by atoms with Crippen molar-refractivity contribution in [1.82, 2.24) is 0 Å². The van der Waals surface area contributed by atoms with Crippen LogP contribution in [0.25, 0.3) is 0 Å².